The summed E-state index contributed by atoms with van der Waals surface area (Å²) in [5.74, 6) is -1.76. The average molecular weight is 378 g/mol. The van der Waals surface area contributed by atoms with Crippen molar-refractivity contribution in [2.24, 2.45) is 0 Å². The Hall–Kier alpha value is -1.75. The Morgan fingerprint density at radius 1 is 0.846 bits per heavy atom. The molecule has 0 aromatic rings. The summed E-state index contributed by atoms with van der Waals surface area (Å²) in [5.41, 5.74) is 0. The molecule has 150 valence electrons. The van der Waals surface area contributed by atoms with E-state index in [0.717, 1.165) is 0 Å². The first-order chi connectivity index (χ1) is 12.2. The van der Waals surface area contributed by atoms with E-state index in [1.165, 1.54) is 42.1 Å². The number of methoxy groups -OCH3 is 3. The van der Waals surface area contributed by atoms with E-state index in [0.29, 0.717) is 0 Å². The average Bonchev–Trinajstić information content (AvgIpc) is 2.53. The molecule has 0 amide bonds. The number of esters is 3. The lowest BCUT2D eigenvalue weighted by Crippen LogP contribution is -2.64. The van der Waals surface area contributed by atoms with Crippen LogP contribution in [0.4, 0.5) is 0 Å². The first-order valence-corrected chi connectivity index (χ1v) is 7.96. The molecule has 0 aromatic heterocycles. The van der Waals surface area contributed by atoms with Crippen molar-refractivity contribution in [3.63, 3.8) is 0 Å². The van der Waals surface area contributed by atoms with Crippen molar-refractivity contribution in [1.29, 1.82) is 0 Å². The van der Waals surface area contributed by atoms with Gasteiger partial charge in [0.1, 0.15) is 12.2 Å². The lowest BCUT2D eigenvalue weighted by molar-refractivity contribution is -0.314. The Balaban J connectivity index is 3.25. The van der Waals surface area contributed by atoms with Crippen LogP contribution >= 0.6 is 0 Å². The van der Waals surface area contributed by atoms with Crippen molar-refractivity contribution in [3.8, 4) is 0 Å². The second-order valence-corrected chi connectivity index (χ2v) is 5.66. The highest BCUT2D eigenvalue weighted by molar-refractivity contribution is 5.67. The summed E-state index contributed by atoms with van der Waals surface area (Å²) < 4.78 is 37.4. The van der Waals surface area contributed by atoms with Gasteiger partial charge in [0.2, 0.25) is 0 Å². The van der Waals surface area contributed by atoms with Gasteiger partial charge in [0.05, 0.1) is 6.61 Å². The Morgan fingerprint density at radius 3 is 1.85 bits per heavy atom. The van der Waals surface area contributed by atoms with Crippen molar-refractivity contribution in [2.75, 3.05) is 27.9 Å². The van der Waals surface area contributed by atoms with E-state index in [1.54, 1.807) is 0 Å². The van der Waals surface area contributed by atoms with Crippen molar-refractivity contribution in [1.82, 2.24) is 0 Å². The maximum absolute atomic E-state index is 11.6. The van der Waals surface area contributed by atoms with E-state index in [4.69, 9.17) is 33.2 Å². The van der Waals surface area contributed by atoms with Crippen LogP contribution in [0, 0.1) is 0 Å². The molecule has 10 nitrogen and oxygen atoms in total. The second-order valence-electron chi connectivity index (χ2n) is 5.66. The molecule has 0 spiro atoms. The van der Waals surface area contributed by atoms with E-state index in [-0.39, 0.29) is 6.61 Å². The third kappa shape index (κ3) is 5.90. The molecule has 1 aliphatic rings. The van der Waals surface area contributed by atoms with Crippen LogP contribution in [0.3, 0.4) is 0 Å². The Bertz CT molecular complexity index is 493. The summed E-state index contributed by atoms with van der Waals surface area (Å²) in [6, 6.07) is 0. The largest absolute Gasteiger partial charge is 0.457 e. The van der Waals surface area contributed by atoms with Gasteiger partial charge < -0.3 is 33.2 Å². The number of carbonyl (C=O) groups excluding carboxylic acids is 3. The van der Waals surface area contributed by atoms with Crippen LogP contribution in [0.5, 0.6) is 0 Å². The fourth-order valence-electron chi connectivity index (χ4n) is 2.81. The fraction of sp³-hybridized carbons (Fsp3) is 0.812. The van der Waals surface area contributed by atoms with Gasteiger partial charge in [-0.3, -0.25) is 14.4 Å². The number of carbonyl (C=O) groups is 3. The predicted molar refractivity (Wildman–Crippen MR) is 85.0 cm³/mol. The smallest absolute Gasteiger partial charge is 0.303 e. The molecular weight excluding hydrogens is 352 g/mol. The molecule has 26 heavy (non-hydrogen) atoms. The predicted octanol–water partition coefficient (Wildman–Crippen LogP) is -0.186. The van der Waals surface area contributed by atoms with Crippen LogP contribution in [-0.2, 0) is 47.5 Å². The molecule has 0 saturated carbocycles. The zero-order valence-electron chi connectivity index (χ0n) is 15.8. The van der Waals surface area contributed by atoms with Crippen molar-refractivity contribution in [2.45, 2.75) is 57.6 Å². The minimum Gasteiger partial charge on any atom is -0.457 e. The zero-order valence-corrected chi connectivity index (χ0v) is 15.8. The lowest BCUT2D eigenvalue weighted by atomic mass is 9.94. The maximum Gasteiger partial charge on any atom is 0.303 e. The standard InChI is InChI=1S/C16H26O10/c1-8(17)23-11(7-20-4)12-14(24-9(2)18)13(21-5)15(25-10(3)19)16(22-6)26-12/h11-16H,7H2,1-6H3/t11-,12-,13+,14-,15-,16?/m1/s1. The van der Waals surface area contributed by atoms with Crippen LogP contribution in [0.25, 0.3) is 0 Å². The Morgan fingerprint density at radius 2 is 1.42 bits per heavy atom. The number of rotatable bonds is 8. The van der Waals surface area contributed by atoms with Crippen LogP contribution in [0.1, 0.15) is 20.8 Å². The minimum absolute atomic E-state index is 0.0207. The van der Waals surface area contributed by atoms with E-state index in [1.807, 2.05) is 0 Å². The van der Waals surface area contributed by atoms with Gasteiger partial charge in [-0.15, -0.1) is 0 Å². The van der Waals surface area contributed by atoms with Crippen molar-refractivity contribution >= 4 is 17.9 Å². The molecule has 0 N–H and O–H groups in total. The van der Waals surface area contributed by atoms with Crippen molar-refractivity contribution < 1.29 is 47.5 Å². The summed E-state index contributed by atoms with van der Waals surface area (Å²) in [6.07, 6.45) is -5.85. The highest BCUT2D eigenvalue weighted by Gasteiger charge is 2.53. The molecule has 1 rings (SSSR count). The Labute approximate surface area is 151 Å². The lowest BCUT2D eigenvalue weighted by Gasteiger charge is -2.45. The molecule has 0 aromatic carbocycles. The zero-order chi connectivity index (χ0) is 19.9. The molecule has 10 heteroatoms. The maximum atomic E-state index is 11.6. The van der Waals surface area contributed by atoms with Crippen LogP contribution in [0.15, 0.2) is 0 Å². The van der Waals surface area contributed by atoms with Crippen LogP contribution in [-0.4, -0.2) is 82.7 Å². The van der Waals surface area contributed by atoms with Crippen LogP contribution in [0.2, 0.25) is 0 Å². The molecule has 1 aliphatic heterocycles. The molecule has 1 fully saturated rings. The summed E-state index contributed by atoms with van der Waals surface area (Å²) in [5, 5.41) is 0. The molecule has 6 atom stereocenters. The molecule has 0 aliphatic carbocycles. The van der Waals surface area contributed by atoms with E-state index in [2.05, 4.69) is 0 Å². The summed E-state index contributed by atoms with van der Waals surface area (Å²) in [4.78, 5) is 34.5. The van der Waals surface area contributed by atoms with Crippen LogP contribution < -0.4 is 0 Å². The third-order valence-electron chi connectivity index (χ3n) is 3.65. The number of hydrogen-bond donors (Lipinski definition) is 0. The van der Waals surface area contributed by atoms with E-state index in [9.17, 15) is 14.4 Å². The SMILES string of the molecule is COC[C@@H](OC(C)=O)[C@H]1OC(OC)[C@H](OC(C)=O)[C@@H](OC)[C@@H]1OC(C)=O. The third-order valence-corrected chi connectivity index (χ3v) is 3.65. The quantitative estimate of drug-likeness (QED) is 0.416. The van der Waals surface area contributed by atoms with Crippen molar-refractivity contribution in [3.05, 3.63) is 0 Å². The number of ether oxygens (including phenoxy) is 7. The molecule has 0 radical (unpaired) electrons. The summed E-state index contributed by atoms with van der Waals surface area (Å²) >= 11 is 0. The molecule has 0 bridgehead atoms. The van der Waals surface area contributed by atoms with Gasteiger partial charge in [0, 0.05) is 42.1 Å². The molecule has 1 saturated heterocycles. The van der Waals surface area contributed by atoms with E-state index < -0.39 is 54.7 Å². The topological polar surface area (TPSA) is 116 Å². The highest BCUT2D eigenvalue weighted by atomic mass is 16.7. The van der Waals surface area contributed by atoms with E-state index >= 15 is 0 Å². The highest BCUT2D eigenvalue weighted by Crippen LogP contribution is 2.31. The summed E-state index contributed by atoms with van der Waals surface area (Å²) in [6.45, 7) is 3.64. The van der Waals surface area contributed by atoms with Gasteiger partial charge in [0.15, 0.2) is 24.6 Å². The van der Waals surface area contributed by atoms with Gasteiger partial charge in [-0.05, 0) is 0 Å². The van der Waals surface area contributed by atoms with Gasteiger partial charge >= 0.3 is 17.9 Å². The monoisotopic (exact) mass is 378 g/mol. The first kappa shape index (κ1) is 22.3. The van der Waals surface area contributed by atoms with Gasteiger partial charge in [-0.1, -0.05) is 0 Å². The van der Waals surface area contributed by atoms with Gasteiger partial charge in [0.25, 0.3) is 0 Å². The normalized spacial score (nSPS) is 29.5. The molecule has 1 unspecified atom stereocenters. The summed E-state index contributed by atoms with van der Waals surface area (Å²) in [7, 11) is 4.14. The minimum atomic E-state index is -1.03. The second kappa shape index (κ2) is 10.4. The van der Waals surface area contributed by atoms with Gasteiger partial charge in [-0.25, -0.2) is 0 Å². The van der Waals surface area contributed by atoms with Gasteiger partial charge in [-0.2, -0.15) is 0 Å². The number of hydrogen-bond acceptors (Lipinski definition) is 10. The first-order valence-electron chi connectivity index (χ1n) is 7.96. The fourth-order valence-corrected chi connectivity index (χ4v) is 2.81. The molecular formula is C16H26O10. The molecule has 1 heterocycles. The Kier molecular flexibility index (Phi) is 8.93.